The molecule has 3 amide bonds. The van der Waals surface area contributed by atoms with E-state index in [-0.39, 0.29) is 37.6 Å². The standard InChI is InChI=1S/C22H33N5O6/c1-15-12-27(20(31)25-19(15)30)14-18(29)26(11-10-23-21(32)33-22(2,3)4)13-17(28)24-16-8-6-5-7-9-16/h8,12H,5-7,9-11,13-14H2,1-4H3,(H,23,32)(H,24,28)(H,25,30,31). The van der Waals surface area contributed by atoms with Gasteiger partial charge in [0.25, 0.3) is 5.56 Å². The minimum absolute atomic E-state index is 0.0294. The van der Waals surface area contributed by atoms with E-state index in [0.29, 0.717) is 0 Å². The molecule has 0 fully saturated rings. The summed E-state index contributed by atoms with van der Waals surface area (Å²) >= 11 is 0. The number of amides is 3. The maximum Gasteiger partial charge on any atom is 0.407 e. The van der Waals surface area contributed by atoms with Crippen molar-refractivity contribution >= 4 is 17.9 Å². The molecule has 1 heterocycles. The van der Waals surface area contributed by atoms with Crippen molar-refractivity contribution in [3.63, 3.8) is 0 Å². The molecule has 0 atom stereocenters. The normalized spacial score (nSPS) is 13.6. The van der Waals surface area contributed by atoms with E-state index in [2.05, 4.69) is 15.6 Å². The van der Waals surface area contributed by atoms with Crippen molar-refractivity contribution in [1.29, 1.82) is 0 Å². The van der Waals surface area contributed by atoms with E-state index in [9.17, 15) is 24.0 Å². The third-order valence-electron chi connectivity index (χ3n) is 4.82. The summed E-state index contributed by atoms with van der Waals surface area (Å²) in [6.45, 7) is 6.19. The molecule has 0 saturated heterocycles. The van der Waals surface area contributed by atoms with Gasteiger partial charge < -0.3 is 20.3 Å². The molecule has 0 aliphatic heterocycles. The summed E-state index contributed by atoms with van der Waals surface area (Å²) in [7, 11) is 0. The predicted molar refractivity (Wildman–Crippen MR) is 122 cm³/mol. The lowest BCUT2D eigenvalue weighted by Gasteiger charge is -2.24. The van der Waals surface area contributed by atoms with E-state index in [1.165, 1.54) is 18.0 Å². The lowest BCUT2D eigenvalue weighted by Crippen LogP contribution is -2.47. The molecular weight excluding hydrogens is 430 g/mol. The van der Waals surface area contributed by atoms with Crippen LogP contribution >= 0.6 is 0 Å². The molecule has 0 spiro atoms. The van der Waals surface area contributed by atoms with E-state index >= 15 is 0 Å². The zero-order valence-electron chi connectivity index (χ0n) is 19.7. The summed E-state index contributed by atoms with van der Waals surface area (Å²) in [5.74, 6) is -0.874. The van der Waals surface area contributed by atoms with Crippen LogP contribution in [0.15, 0.2) is 27.6 Å². The number of allylic oxidation sites excluding steroid dienone is 2. The number of nitrogens with one attached hydrogen (secondary N) is 3. The summed E-state index contributed by atoms with van der Waals surface area (Å²) < 4.78 is 6.26. The summed E-state index contributed by atoms with van der Waals surface area (Å²) in [5.41, 5.74) is -0.804. The van der Waals surface area contributed by atoms with Crippen LogP contribution in [-0.4, -0.2) is 57.6 Å². The Balaban J connectivity index is 2.07. The molecular formula is C22H33N5O6. The Labute approximate surface area is 192 Å². The van der Waals surface area contributed by atoms with Gasteiger partial charge in [-0.25, -0.2) is 9.59 Å². The fraction of sp³-hybridized carbons (Fsp3) is 0.591. The van der Waals surface area contributed by atoms with Gasteiger partial charge in [-0.3, -0.25) is 23.9 Å². The first-order chi connectivity index (χ1) is 15.4. The molecule has 1 aromatic rings. The highest BCUT2D eigenvalue weighted by Crippen LogP contribution is 2.14. The number of aromatic amines is 1. The first-order valence-electron chi connectivity index (χ1n) is 11.0. The lowest BCUT2D eigenvalue weighted by molar-refractivity contribution is -0.136. The number of ether oxygens (including phenoxy) is 1. The van der Waals surface area contributed by atoms with Crippen LogP contribution in [-0.2, 0) is 20.9 Å². The number of carbonyl (C=O) groups excluding carboxylic acids is 3. The number of aryl methyl sites for hydroxylation is 1. The highest BCUT2D eigenvalue weighted by molar-refractivity contribution is 5.85. The van der Waals surface area contributed by atoms with Crippen LogP contribution in [0.5, 0.6) is 0 Å². The maximum atomic E-state index is 12.9. The first-order valence-corrected chi connectivity index (χ1v) is 11.0. The molecule has 11 heteroatoms. The summed E-state index contributed by atoms with van der Waals surface area (Å²) in [4.78, 5) is 64.4. The second-order valence-electron chi connectivity index (χ2n) is 8.97. The molecule has 1 aliphatic rings. The van der Waals surface area contributed by atoms with E-state index in [1.807, 2.05) is 6.08 Å². The van der Waals surface area contributed by atoms with Gasteiger partial charge >= 0.3 is 11.8 Å². The van der Waals surface area contributed by atoms with Gasteiger partial charge in [-0.2, -0.15) is 0 Å². The van der Waals surface area contributed by atoms with Crippen LogP contribution in [0.4, 0.5) is 4.79 Å². The molecule has 1 aliphatic carbocycles. The van der Waals surface area contributed by atoms with E-state index in [1.54, 1.807) is 20.8 Å². The van der Waals surface area contributed by atoms with Gasteiger partial charge in [0, 0.05) is 30.5 Å². The first kappa shape index (κ1) is 25.9. The van der Waals surface area contributed by atoms with Crippen LogP contribution in [0.2, 0.25) is 0 Å². The number of aromatic nitrogens is 2. The Bertz CT molecular complexity index is 1020. The molecule has 0 bridgehead atoms. The van der Waals surface area contributed by atoms with Gasteiger partial charge in [0.2, 0.25) is 11.8 Å². The smallest absolute Gasteiger partial charge is 0.407 e. The third kappa shape index (κ3) is 8.95. The zero-order valence-corrected chi connectivity index (χ0v) is 19.7. The number of rotatable bonds is 8. The Kier molecular flexibility index (Phi) is 9.01. The molecule has 0 aromatic carbocycles. The summed E-state index contributed by atoms with van der Waals surface area (Å²) in [6.07, 6.45) is 6.36. The number of hydrogen-bond acceptors (Lipinski definition) is 6. The van der Waals surface area contributed by atoms with Crippen molar-refractivity contribution in [1.82, 2.24) is 25.1 Å². The second kappa shape index (κ2) is 11.5. The van der Waals surface area contributed by atoms with Gasteiger partial charge in [0.05, 0.1) is 6.54 Å². The topological polar surface area (TPSA) is 143 Å². The molecule has 11 nitrogen and oxygen atoms in total. The Morgan fingerprint density at radius 1 is 1.21 bits per heavy atom. The van der Waals surface area contributed by atoms with Gasteiger partial charge in [0.1, 0.15) is 12.1 Å². The average molecular weight is 464 g/mol. The van der Waals surface area contributed by atoms with Crippen molar-refractivity contribution in [3.05, 3.63) is 44.4 Å². The maximum absolute atomic E-state index is 12.9. The Morgan fingerprint density at radius 2 is 1.94 bits per heavy atom. The molecule has 0 radical (unpaired) electrons. The Morgan fingerprint density at radius 3 is 2.58 bits per heavy atom. The molecule has 1 aromatic heterocycles. The van der Waals surface area contributed by atoms with Crippen molar-refractivity contribution in [2.45, 2.75) is 65.5 Å². The molecule has 2 rings (SSSR count). The monoisotopic (exact) mass is 463 g/mol. The number of alkyl carbamates (subject to hydrolysis) is 1. The highest BCUT2D eigenvalue weighted by atomic mass is 16.6. The molecule has 0 saturated carbocycles. The van der Waals surface area contributed by atoms with Crippen molar-refractivity contribution < 1.29 is 19.1 Å². The van der Waals surface area contributed by atoms with E-state index in [4.69, 9.17) is 4.74 Å². The Hall–Kier alpha value is -3.37. The molecule has 33 heavy (non-hydrogen) atoms. The number of hydrogen-bond donors (Lipinski definition) is 3. The highest BCUT2D eigenvalue weighted by Gasteiger charge is 2.21. The largest absolute Gasteiger partial charge is 0.444 e. The van der Waals surface area contributed by atoms with Gasteiger partial charge in [0.15, 0.2) is 0 Å². The number of H-pyrrole nitrogens is 1. The fourth-order valence-electron chi connectivity index (χ4n) is 3.22. The van der Waals surface area contributed by atoms with Crippen molar-refractivity contribution in [2.24, 2.45) is 0 Å². The molecule has 182 valence electrons. The number of nitrogens with zero attached hydrogens (tertiary/aromatic N) is 2. The summed E-state index contributed by atoms with van der Waals surface area (Å²) in [5, 5.41) is 5.38. The molecule has 0 unspecified atom stereocenters. The average Bonchev–Trinajstić information content (AvgIpc) is 2.70. The second-order valence-corrected chi connectivity index (χ2v) is 8.97. The van der Waals surface area contributed by atoms with Crippen LogP contribution in [0, 0.1) is 6.92 Å². The molecule has 3 N–H and O–H groups in total. The quantitative estimate of drug-likeness (QED) is 0.520. The minimum Gasteiger partial charge on any atom is -0.444 e. The van der Waals surface area contributed by atoms with Crippen LogP contribution < -0.4 is 21.9 Å². The summed E-state index contributed by atoms with van der Waals surface area (Å²) in [6, 6.07) is 0. The van der Waals surface area contributed by atoms with Crippen molar-refractivity contribution in [3.8, 4) is 0 Å². The van der Waals surface area contributed by atoms with Gasteiger partial charge in [-0.15, -0.1) is 0 Å². The van der Waals surface area contributed by atoms with E-state index < -0.39 is 28.9 Å². The predicted octanol–water partition coefficient (Wildman–Crippen LogP) is 0.772. The lowest BCUT2D eigenvalue weighted by atomic mass is 10.0. The zero-order chi connectivity index (χ0) is 24.6. The van der Waals surface area contributed by atoms with Crippen LogP contribution in [0.25, 0.3) is 0 Å². The van der Waals surface area contributed by atoms with Crippen molar-refractivity contribution in [2.75, 3.05) is 19.6 Å². The SMILES string of the molecule is Cc1cn(CC(=O)N(CCNC(=O)OC(C)(C)C)CC(=O)NC2=CCCCC2)c(=O)[nH]c1=O. The third-order valence-corrected chi connectivity index (χ3v) is 4.82. The van der Waals surface area contributed by atoms with Crippen LogP contribution in [0.1, 0.15) is 52.0 Å². The van der Waals surface area contributed by atoms with Crippen LogP contribution in [0.3, 0.4) is 0 Å². The number of carbonyl (C=O) groups is 3. The van der Waals surface area contributed by atoms with E-state index in [0.717, 1.165) is 35.9 Å². The van der Waals surface area contributed by atoms with Gasteiger partial charge in [-0.1, -0.05) is 6.08 Å². The fourth-order valence-corrected chi connectivity index (χ4v) is 3.22. The van der Waals surface area contributed by atoms with Gasteiger partial charge in [-0.05, 0) is 53.4 Å². The minimum atomic E-state index is -0.720.